The number of allylic oxidation sites excluding steroid dienone is 4. The third-order valence-corrected chi connectivity index (χ3v) is 2.45. The molecule has 0 aliphatic carbocycles. The standard InChI is InChI=1S/C13H21N3/c1-11(2)6-4-7-12(3)8-5-9-13-10-14-16-15-13/h6,8,10H,4-5,7,9H2,1-3H3,(H,14,15,16)/b12-8+. The van der Waals surface area contributed by atoms with Gasteiger partial charge in [-0.3, -0.25) is 0 Å². The van der Waals surface area contributed by atoms with Gasteiger partial charge in [0.25, 0.3) is 0 Å². The minimum Gasteiger partial charge on any atom is -0.198 e. The molecule has 0 amide bonds. The van der Waals surface area contributed by atoms with Crippen LogP contribution < -0.4 is 0 Å². The molecule has 1 aromatic heterocycles. The lowest BCUT2D eigenvalue weighted by Gasteiger charge is -1.98. The minimum atomic E-state index is 0.969. The van der Waals surface area contributed by atoms with Gasteiger partial charge < -0.3 is 0 Å². The Balaban J connectivity index is 2.21. The summed E-state index contributed by atoms with van der Waals surface area (Å²) in [6.45, 7) is 6.48. The van der Waals surface area contributed by atoms with E-state index in [1.165, 1.54) is 11.1 Å². The van der Waals surface area contributed by atoms with Crippen molar-refractivity contribution in [2.45, 2.75) is 46.5 Å². The highest BCUT2D eigenvalue weighted by Gasteiger charge is 1.94. The average Bonchev–Trinajstić information content (AvgIpc) is 2.70. The summed E-state index contributed by atoms with van der Waals surface area (Å²) in [4.78, 5) is 0. The quantitative estimate of drug-likeness (QED) is 0.745. The van der Waals surface area contributed by atoms with Crippen molar-refractivity contribution < 1.29 is 0 Å². The first kappa shape index (κ1) is 12.7. The van der Waals surface area contributed by atoms with Gasteiger partial charge in [-0.05, 0) is 46.5 Å². The van der Waals surface area contributed by atoms with Crippen molar-refractivity contribution in [3.05, 3.63) is 35.2 Å². The van der Waals surface area contributed by atoms with Crippen LogP contribution in [0.15, 0.2) is 29.5 Å². The molecule has 16 heavy (non-hydrogen) atoms. The summed E-state index contributed by atoms with van der Waals surface area (Å²) in [5.74, 6) is 0. The summed E-state index contributed by atoms with van der Waals surface area (Å²) >= 11 is 0. The van der Waals surface area contributed by atoms with Crippen LogP contribution in [-0.4, -0.2) is 15.4 Å². The van der Waals surface area contributed by atoms with Crippen LogP contribution >= 0.6 is 0 Å². The molecular formula is C13H21N3. The number of H-pyrrole nitrogens is 1. The topological polar surface area (TPSA) is 41.6 Å². The fraction of sp³-hybridized carbons (Fsp3) is 0.538. The molecule has 0 spiro atoms. The van der Waals surface area contributed by atoms with Crippen LogP contribution in [0.1, 0.15) is 45.7 Å². The number of hydrogen-bond acceptors (Lipinski definition) is 2. The number of nitrogens with one attached hydrogen (secondary N) is 1. The summed E-state index contributed by atoms with van der Waals surface area (Å²) in [6.07, 6.45) is 10.7. The summed E-state index contributed by atoms with van der Waals surface area (Å²) in [5, 5.41) is 10.4. The van der Waals surface area contributed by atoms with Gasteiger partial charge in [0.2, 0.25) is 0 Å². The third-order valence-electron chi connectivity index (χ3n) is 2.45. The lowest BCUT2D eigenvalue weighted by molar-refractivity contribution is 0.873. The first-order valence-electron chi connectivity index (χ1n) is 5.82. The molecule has 1 aromatic rings. The molecule has 0 saturated heterocycles. The van der Waals surface area contributed by atoms with Gasteiger partial charge in [0, 0.05) is 0 Å². The Hall–Kier alpha value is -1.38. The molecule has 1 N–H and O–H groups in total. The predicted octanol–water partition coefficient (Wildman–Crippen LogP) is 3.43. The van der Waals surface area contributed by atoms with Crippen molar-refractivity contribution in [2.75, 3.05) is 0 Å². The van der Waals surface area contributed by atoms with Gasteiger partial charge >= 0.3 is 0 Å². The summed E-state index contributed by atoms with van der Waals surface area (Å²) in [5.41, 5.74) is 3.89. The SMILES string of the molecule is CC(C)=CCC/C(C)=C/CCc1cn[nH]n1. The highest BCUT2D eigenvalue weighted by molar-refractivity contribution is 5.03. The van der Waals surface area contributed by atoms with Crippen molar-refractivity contribution in [3.63, 3.8) is 0 Å². The van der Waals surface area contributed by atoms with Crippen LogP contribution in [0.25, 0.3) is 0 Å². The number of aromatic nitrogens is 3. The Bertz CT molecular complexity index is 343. The molecule has 0 aliphatic rings. The molecule has 3 heteroatoms. The van der Waals surface area contributed by atoms with Crippen LogP contribution in [-0.2, 0) is 6.42 Å². The zero-order chi connectivity index (χ0) is 11.8. The number of nitrogens with zero attached hydrogens (tertiary/aromatic N) is 2. The van der Waals surface area contributed by atoms with E-state index >= 15 is 0 Å². The molecule has 0 fully saturated rings. The Morgan fingerprint density at radius 1 is 1.25 bits per heavy atom. The molecule has 88 valence electrons. The summed E-state index contributed by atoms with van der Waals surface area (Å²) in [6, 6.07) is 0. The van der Waals surface area contributed by atoms with E-state index in [2.05, 4.69) is 48.3 Å². The number of rotatable bonds is 6. The maximum absolute atomic E-state index is 4.02. The maximum Gasteiger partial charge on any atom is 0.0827 e. The van der Waals surface area contributed by atoms with E-state index in [1.807, 2.05) is 0 Å². The van der Waals surface area contributed by atoms with Crippen LogP contribution in [0.4, 0.5) is 0 Å². The van der Waals surface area contributed by atoms with Crippen LogP contribution in [0.3, 0.4) is 0 Å². The molecule has 1 heterocycles. The van der Waals surface area contributed by atoms with Crippen molar-refractivity contribution in [3.8, 4) is 0 Å². The van der Waals surface area contributed by atoms with E-state index in [4.69, 9.17) is 0 Å². The van der Waals surface area contributed by atoms with E-state index in [1.54, 1.807) is 6.20 Å². The molecule has 0 bridgehead atoms. The summed E-state index contributed by atoms with van der Waals surface area (Å²) in [7, 11) is 0. The molecule has 0 saturated carbocycles. The molecule has 0 aromatic carbocycles. The predicted molar refractivity (Wildman–Crippen MR) is 67.1 cm³/mol. The first-order chi connectivity index (χ1) is 7.68. The molecule has 0 atom stereocenters. The minimum absolute atomic E-state index is 0.969. The summed E-state index contributed by atoms with van der Waals surface area (Å²) < 4.78 is 0. The highest BCUT2D eigenvalue weighted by atomic mass is 15.3. The van der Waals surface area contributed by atoms with Gasteiger partial charge in [-0.25, -0.2) is 0 Å². The monoisotopic (exact) mass is 219 g/mol. The molecule has 1 rings (SSSR count). The number of aromatic amines is 1. The highest BCUT2D eigenvalue weighted by Crippen LogP contribution is 2.08. The van der Waals surface area contributed by atoms with Crippen LogP contribution in [0.5, 0.6) is 0 Å². The Labute approximate surface area is 97.7 Å². The molecule has 0 radical (unpaired) electrons. The van der Waals surface area contributed by atoms with Crippen molar-refractivity contribution in [1.29, 1.82) is 0 Å². The lowest BCUT2D eigenvalue weighted by Crippen LogP contribution is -1.85. The zero-order valence-electron chi connectivity index (χ0n) is 10.5. The molecule has 3 nitrogen and oxygen atoms in total. The van der Waals surface area contributed by atoms with Gasteiger partial charge in [-0.1, -0.05) is 23.3 Å². The smallest absolute Gasteiger partial charge is 0.0827 e. The fourth-order valence-electron chi connectivity index (χ4n) is 1.50. The van der Waals surface area contributed by atoms with E-state index in [9.17, 15) is 0 Å². The number of aryl methyl sites for hydroxylation is 1. The van der Waals surface area contributed by atoms with E-state index < -0.39 is 0 Å². The lowest BCUT2D eigenvalue weighted by atomic mass is 10.1. The van der Waals surface area contributed by atoms with Crippen molar-refractivity contribution >= 4 is 0 Å². The third kappa shape index (κ3) is 5.49. The van der Waals surface area contributed by atoms with Crippen molar-refractivity contribution in [1.82, 2.24) is 15.4 Å². The average molecular weight is 219 g/mol. The van der Waals surface area contributed by atoms with Gasteiger partial charge in [-0.15, -0.1) is 0 Å². The zero-order valence-corrected chi connectivity index (χ0v) is 10.5. The van der Waals surface area contributed by atoms with E-state index in [-0.39, 0.29) is 0 Å². The van der Waals surface area contributed by atoms with Gasteiger partial charge in [0.1, 0.15) is 0 Å². The Morgan fingerprint density at radius 2 is 2.06 bits per heavy atom. The second kappa shape index (κ2) is 6.99. The second-order valence-corrected chi connectivity index (χ2v) is 4.37. The molecular weight excluding hydrogens is 198 g/mol. The van der Waals surface area contributed by atoms with Crippen LogP contribution in [0.2, 0.25) is 0 Å². The maximum atomic E-state index is 4.02. The second-order valence-electron chi connectivity index (χ2n) is 4.37. The van der Waals surface area contributed by atoms with E-state index in [0.717, 1.165) is 31.4 Å². The Kier molecular flexibility index (Phi) is 5.54. The number of hydrogen-bond donors (Lipinski definition) is 1. The largest absolute Gasteiger partial charge is 0.198 e. The fourth-order valence-corrected chi connectivity index (χ4v) is 1.50. The molecule has 0 unspecified atom stereocenters. The van der Waals surface area contributed by atoms with Gasteiger partial charge in [0.05, 0.1) is 11.9 Å². The van der Waals surface area contributed by atoms with Crippen molar-refractivity contribution in [2.24, 2.45) is 0 Å². The van der Waals surface area contributed by atoms with Gasteiger partial charge in [0.15, 0.2) is 0 Å². The first-order valence-corrected chi connectivity index (χ1v) is 5.82. The normalized spacial score (nSPS) is 11.6. The van der Waals surface area contributed by atoms with Gasteiger partial charge in [-0.2, -0.15) is 15.4 Å². The molecule has 0 aliphatic heterocycles. The van der Waals surface area contributed by atoms with E-state index in [0.29, 0.717) is 0 Å². The Morgan fingerprint density at radius 3 is 2.69 bits per heavy atom. The van der Waals surface area contributed by atoms with Crippen LogP contribution in [0, 0.1) is 0 Å².